The molecule has 42 heavy (non-hydrogen) atoms. The van der Waals surface area contributed by atoms with Gasteiger partial charge in [0, 0.05) is 17.1 Å². The molecule has 0 spiro atoms. The van der Waals surface area contributed by atoms with Gasteiger partial charge in [-0.15, -0.1) is 0 Å². The van der Waals surface area contributed by atoms with Crippen LogP contribution >= 0.6 is 0 Å². The van der Waals surface area contributed by atoms with Gasteiger partial charge < -0.3 is 9.80 Å². The molecule has 0 amide bonds. The molecule has 0 saturated heterocycles. The van der Waals surface area contributed by atoms with Gasteiger partial charge in [-0.25, -0.2) is 0 Å². The number of anilines is 5. The Labute approximate surface area is 247 Å². The number of hydrogen-bond donors (Lipinski definition) is 0. The second-order valence-corrected chi connectivity index (χ2v) is 11.0. The molecule has 2 heterocycles. The molecule has 0 atom stereocenters. The average Bonchev–Trinajstić information content (AvgIpc) is 3.33. The van der Waals surface area contributed by atoms with E-state index in [1.165, 1.54) is 61.8 Å². The zero-order valence-electron chi connectivity index (χ0n) is 23.3. The summed E-state index contributed by atoms with van der Waals surface area (Å²) >= 11 is 0. The van der Waals surface area contributed by atoms with Crippen molar-refractivity contribution in [2.24, 2.45) is 0 Å². The zero-order valence-corrected chi connectivity index (χ0v) is 23.3. The lowest BCUT2D eigenvalue weighted by Gasteiger charge is -2.30. The standard InChI is InChI=1S/C40H30N2/c1-5-13-37-31(9-1)17-18-32-10-2-6-14-38(32)41(37)35-25-21-29(22-26-35)30-23-27-36(28-24-30)42-39-15-7-3-11-33(39)19-20-34-12-4-8-16-40(34)42/h1-7,9-15,17-28H,8,16H2. The van der Waals surface area contributed by atoms with Crippen LogP contribution in [-0.2, 0) is 0 Å². The molecule has 2 nitrogen and oxygen atoms in total. The quantitative estimate of drug-likeness (QED) is 0.221. The van der Waals surface area contributed by atoms with Crippen LogP contribution in [0.3, 0.4) is 0 Å². The highest BCUT2D eigenvalue weighted by Crippen LogP contribution is 2.43. The molecule has 0 unspecified atom stereocenters. The second-order valence-electron chi connectivity index (χ2n) is 11.0. The van der Waals surface area contributed by atoms with Crippen molar-refractivity contribution in [2.75, 3.05) is 9.80 Å². The van der Waals surface area contributed by atoms with Gasteiger partial charge in [0.1, 0.15) is 0 Å². The molecule has 0 N–H and O–H groups in total. The highest BCUT2D eigenvalue weighted by atomic mass is 15.2. The molecule has 0 saturated carbocycles. The smallest absolute Gasteiger partial charge is 0.0534 e. The molecule has 200 valence electrons. The molecule has 0 aromatic heterocycles. The third kappa shape index (κ3) is 4.20. The maximum Gasteiger partial charge on any atom is 0.0534 e. The van der Waals surface area contributed by atoms with Crippen LogP contribution < -0.4 is 9.80 Å². The highest BCUT2D eigenvalue weighted by Gasteiger charge is 2.23. The maximum absolute atomic E-state index is 2.45. The predicted molar refractivity (Wildman–Crippen MR) is 179 cm³/mol. The first-order valence-electron chi connectivity index (χ1n) is 14.7. The van der Waals surface area contributed by atoms with Crippen LogP contribution in [0.5, 0.6) is 0 Å². The van der Waals surface area contributed by atoms with Crippen molar-refractivity contribution >= 4 is 46.7 Å². The minimum Gasteiger partial charge on any atom is -0.313 e. The monoisotopic (exact) mass is 538 g/mol. The molecule has 0 fully saturated rings. The van der Waals surface area contributed by atoms with E-state index in [2.05, 4.69) is 168 Å². The van der Waals surface area contributed by atoms with E-state index in [4.69, 9.17) is 0 Å². The first-order valence-corrected chi connectivity index (χ1v) is 14.7. The average molecular weight is 539 g/mol. The van der Waals surface area contributed by atoms with E-state index >= 15 is 0 Å². The third-order valence-corrected chi connectivity index (χ3v) is 8.45. The van der Waals surface area contributed by atoms with E-state index in [1.54, 1.807) is 0 Å². The van der Waals surface area contributed by atoms with Gasteiger partial charge >= 0.3 is 0 Å². The number of para-hydroxylation sites is 3. The molecule has 1 aliphatic carbocycles. The van der Waals surface area contributed by atoms with E-state index in [0.29, 0.717) is 0 Å². The number of fused-ring (bicyclic) bond motifs is 3. The summed E-state index contributed by atoms with van der Waals surface area (Å²) in [5.74, 6) is 0. The van der Waals surface area contributed by atoms with Gasteiger partial charge in [0.15, 0.2) is 0 Å². The Morgan fingerprint density at radius 1 is 0.405 bits per heavy atom. The predicted octanol–water partition coefficient (Wildman–Crippen LogP) is 11.1. The van der Waals surface area contributed by atoms with Crippen molar-refractivity contribution in [3.05, 3.63) is 168 Å². The third-order valence-electron chi connectivity index (χ3n) is 8.45. The van der Waals surface area contributed by atoms with Gasteiger partial charge in [0.25, 0.3) is 0 Å². The van der Waals surface area contributed by atoms with Gasteiger partial charge in [0.2, 0.25) is 0 Å². The van der Waals surface area contributed by atoms with Crippen LogP contribution in [0, 0.1) is 0 Å². The Hall–Kier alpha value is -5.34. The Balaban J connectivity index is 1.14. The Morgan fingerprint density at radius 3 is 1.40 bits per heavy atom. The largest absolute Gasteiger partial charge is 0.313 e. The van der Waals surface area contributed by atoms with Crippen molar-refractivity contribution in [3.63, 3.8) is 0 Å². The normalized spacial score (nSPS) is 15.0. The van der Waals surface area contributed by atoms with Gasteiger partial charge in [-0.05, 0) is 88.7 Å². The van der Waals surface area contributed by atoms with Crippen LogP contribution in [0.15, 0.2) is 151 Å². The molecular formula is C40H30N2. The first-order chi connectivity index (χ1) is 20.8. The molecule has 0 bridgehead atoms. The van der Waals surface area contributed by atoms with Crippen molar-refractivity contribution in [1.29, 1.82) is 0 Å². The second kappa shape index (κ2) is 10.2. The highest BCUT2D eigenvalue weighted by molar-refractivity contribution is 5.93. The van der Waals surface area contributed by atoms with Crippen LogP contribution in [0.2, 0.25) is 0 Å². The van der Waals surface area contributed by atoms with Crippen molar-refractivity contribution in [2.45, 2.75) is 12.8 Å². The minimum absolute atomic E-state index is 1.03. The number of nitrogens with zero attached hydrogens (tertiary/aromatic N) is 2. The fourth-order valence-electron chi connectivity index (χ4n) is 6.37. The van der Waals surface area contributed by atoms with E-state index < -0.39 is 0 Å². The number of hydrogen-bond acceptors (Lipinski definition) is 2. The Kier molecular flexibility index (Phi) is 5.97. The van der Waals surface area contributed by atoms with Gasteiger partial charge in [0.05, 0.1) is 17.1 Å². The zero-order chi connectivity index (χ0) is 27.9. The summed E-state index contributed by atoms with van der Waals surface area (Å²) in [4.78, 5) is 4.82. The summed E-state index contributed by atoms with van der Waals surface area (Å²) in [6, 6.07) is 43.9. The van der Waals surface area contributed by atoms with Crippen LogP contribution in [0.1, 0.15) is 29.5 Å². The van der Waals surface area contributed by atoms with Gasteiger partial charge in [-0.2, -0.15) is 0 Å². The van der Waals surface area contributed by atoms with Crippen molar-refractivity contribution < 1.29 is 0 Å². The summed E-state index contributed by atoms with van der Waals surface area (Å²) < 4.78 is 0. The summed E-state index contributed by atoms with van der Waals surface area (Å²) in [5, 5.41) is 0. The lowest BCUT2D eigenvalue weighted by Crippen LogP contribution is -2.19. The first kappa shape index (κ1) is 24.5. The Bertz CT molecular complexity index is 1870. The molecule has 2 heteroatoms. The summed E-state index contributed by atoms with van der Waals surface area (Å²) in [6.45, 7) is 0. The molecule has 3 aliphatic rings. The topological polar surface area (TPSA) is 6.48 Å². The summed E-state index contributed by atoms with van der Waals surface area (Å²) in [7, 11) is 0. The number of benzene rings is 5. The van der Waals surface area contributed by atoms with Crippen molar-refractivity contribution in [1.82, 2.24) is 0 Å². The van der Waals surface area contributed by atoms with Gasteiger partial charge in [-0.3, -0.25) is 0 Å². The summed E-state index contributed by atoms with van der Waals surface area (Å²) in [6.07, 6.45) is 15.6. The molecule has 2 aliphatic heterocycles. The van der Waals surface area contributed by atoms with Gasteiger partial charge in [-0.1, -0.05) is 115 Å². The molecular weight excluding hydrogens is 508 g/mol. The maximum atomic E-state index is 2.45. The SMILES string of the molecule is C1=CC2=C(CC1)N(c1ccc(-c3ccc(N4c5ccccc5C=Cc5ccccc54)cc3)cc1)c1ccccc1C=C2. The fourth-order valence-corrected chi connectivity index (χ4v) is 6.37. The van der Waals surface area contributed by atoms with E-state index in [-0.39, 0.29) is 0 Å². The molecule has 0 radical (unpaired) electrons. The molecule has 8 rings (SSSR count). The van der Waals surface area contributed by atoms with E-state index in [9.17, 15) is 0 Å². The minimum atomic E-state index is 1.03. The van der Waals surface area contributed by atoms with E-state index in [1.807, 2.05) is 0 Å². The number of allylic oxidation sites excluding steroid dienone is 5. The van der Waals surface area contributed by atoms with Crippen LogP contribution in [-0.4, -0.2) is 0 Å². The number of rotatable bonds is 3. The molecule has 5 aromatic carbocycles. The fraction of sp³-hybridized carbons (Fsp3) is 0.0500. The van der Waals surface area contributed by atoms with Crippen LogP contribution in [0.4, 0.5) is 28.4 Å². The Morgan fingerprint density at radius 2 is 0.857 bits per heavy atom. The lowest BCUT2D eigenvalue weighted by atomic mass is 10.0. The van der Waals surface area contributed by atoms with Crippen LogP contribution in [0.25, 0.3) is 29.4 Å². The van der Waals surface area contributed by atoms with E-state index in [0.717, 1.165) is 18.5 Å². The lowest BCUT2D eigenvalue weighted by molar-refractivity contribution is 0.907. The summed E-state index contributed by atoms with van der Waals surface area (Å²) in [5.41, 5.74) is 14.7. The van der Waals surface area contributed by atoms with Crippen molar-refractivity contribution in [3.8, 4) is 11.1 Å². The molecule has 5 aromatic rings.